The molecule has 0 saturated heterocycles. The Balaban J connectivity index is 2.07. The summed E-state index contributed by atoms with van der Waals surface area (Å²) in [5.74, 6) is 1.01. The standard InChI is InChI=1S/C16H20N4O2S2/c1-9-10(2)24-15-13(9)14(21)18-12(19-15)8-23-11(3)16(22)20(4)7-5-6-17/h11H,5,7-8H2,1-4H3,(H,18,19,21)/t11-/m1/s1. The number of aromatic nitrogens is 2. The first-order valence-corrected chi connectivity index (χ1v) is 9.44. The zero-order valence-corrected chi connectivity index (χ0v) is 15.8. The van der Waals surface area contributed by atoms with Crippen LogP contribution in [0, 0.1) is 25.2 Å². The first-order chi connectivity index (χ1) is 11.3. The number of aryl methyl sites for hydroxylation is 2. The van der Waals surface area contributed by atoms with E-state index in [1.54, 1.807) is 11.9 Å². The third kappa shape index (κ3) is 3.97. The highest BCUT2D eigenvalue weighted by Gasteiger charge is 2.19. The monoisotopic (exact) mass is 364 g/mol. The molecule has 0 saturated carbocycles. The highest BCUT2D eigenvalue weighted by Crippen LogP contribution is 2.26. The number of hydrogen-bond donors (Lipinski definition) is 1. The first-order valence-electron chi connectivity index (χ1n) is 7.57. The van der Waals surface area contributed by atoms with E-state index in [1.165, 1.54) is 23.1 Å². The van der Waals surface area contributed by atoms with E-state index in [1.807, 2.05) is 26.8 Å². The minimum Gasteiger partial charge on any atom is -0.344 e. The average molecular weight is 364 g/mol. The lowest BCUT2D eigenvalue weighted by molar-refractivity contribution is -0.128. The summed E-state index contributed by atoms with van der Waals surface area (Å²) < 4.78 is 0. The van der Waals surface area contributed by atoms with Gasteiger partial charge in [0.25, 0.3) is 5.56 Å². The van der Waals surface area contributed by atoms with Crippen molar-refractivity contribution in [3.05, 3.63) is 26.6 Å². The van der Waals surface area contributed by atoms with Gasteiger partial charge in [-0.15, -0.1) is 23.1 Å². The number of rotatable bonds is 6. The maximum Gasteiger partial charge on any atom is 0.259 e. The molecule has 1 N–H and O–H groups in total. The Morgan fingerprint density at radius 2 is 2.21 bits per heavy atom. The van der Waals surface area contributed by atoms with Crippen LogP contribution in [-0.2, 0) is 10.5 Å². The molecule has 1 atom stereocenters. The van der Waals surface area contributed by atoms with Gasteiger partial charge in [-0.25, -0.2) is 4.98 Å². The van der Waals surface area contributed by atoms with Gasteiger partial charge < -0.3 is 9.88 Å². The van der Waals surface area contributed by atoms with Gasteiger partial charge in [-0.2, -0.15) is 5.26 Å². The van der Waals surface area contributed by atoms with Crippen molar-refractivity contribution >= 4 is 39.2 Å². The first kappa shape index (κ1) is 18.5. The molecule has 6 nitrogen and oxygen atoms in total. The summed E-state index contributed by atoms with van der Waals surface area (Å²) in [5, 5.41) is 8.98. The summed E-state index contributed by atoms with van der Waals surface area (Å²) in [6.07, 6.45) is 0.322. The van der Waals surface area contributed by atoms with Crippen LogP contribution in [0.3, 0.4) is 0 Å². The van der Waals surface area contributed by atoms with Crippen molar-refractivity contribution in [2.24, 2.45) is 0 Å². The lowest BCUT2D eigenvalue weighted by Gasteiger charge is -2.19. The minimum absolute atomic E-state index is 0.0264. The van der Waals surface area contributed by atoms with Gasteiger partial charge in [0.15, 0.2) is 0 Å². The summed E-state index contributed by atoms with van der Waals surface area (Å²) in [7, 11) is 1.69. The predicted octanol–water partition coefficient (Wildman–Crippen LogP) is 2.60. The number of fused-ring (bicyclic) bond motifs is 1. The van der Waals surface area contributed by atoms with Crippen LogP contribution < -0.4 is 5.56 Å². The van der Waals surface area contributed by atoms with Gasteiger partial charge in [0.1, 0.15) is 10.7 Å². The van der Waals surface area contributed by atoms with Crippen molar-refractivity contribution in [3.63, 3.8) is 0 Å². The third-order valence-electron chi connectivity index (χ3n) is 3.84. The van der Waals surface area contributed by atoms with Gasteiger partial charge in [0.05, 0.1) is 28.9 Å². The number of amides is 1. The normalized spacial score (nSPS) is 12.1. The van der Waals surface area contributed by atoms with Crippen LogP contribution in [0.5, 0.6) is 0 Å². The van der Waals surface area contributed by atoms with Crippen LogP contribution >= 0.6 is 23.1 Å². The number of nitrogens with zero attached hydrogens (tertiary/aromatic N) is 3. The van der Waals surface area contributed by atoms with Crippen molar-refractivity contribution in [1.29, 1.82) is 5.26 Å². The molecule has 8 heteroatoms. The largest absolute Gasteiger partial charge is 0.344 e. The number of carbonyl (C=O) groups excluding carboxylic acids is 1. The molecule has 24 heavy (non-hydrogen) atoms. The number of thiophene rings is 1. The number of thioether (sulfide) groups is 1. The maximum atomic E-state index is 12.2. The molecule has 0 aliphatic carbocycles. The van der Waals surface area contributed by atoms with Crippen LogP contribution in [0.25, 0.3) is 10.2 Å². The summed E-state index contributed by atoms with van der Waals surface area (Å²) in [4.78, 5) is 35.2. The number of H-pyrrole nitrogens is 1. The summed E-state index contributed by atoms with van der Waals surface area (Å²) >= 11 is 2.94. The van der Waals surface area contributed by atoms with Crippen molar-refractivity contribution in [2.45, 2.75) is 38.2 Å². The Morgan fingerprint density at radius 3 is 2.88 bits per heavy atom. The quantitative estimate of drug-likeness (QED) is 0.851. The van der Waals surface area contributed by atoms with Crippen molar-refractivity contribution in [2.75, 3.05) is 13.6 Å². The Kier molecular flexibility index (Phi) is 6.02. The molecular weight excluding hydrogens is 344 g/mol. The highest BCUT2D eigenvalue weighted by molar-refractivity contribution is 7.99. The van der Waals surface area contributed by atoms with E-state index in [9.17, 15) is 9.59 Å². The topological polar surface area (TPSA) is 89.8 Å². The van der Waals surface area contributed by atoms with Crippen LogP contribution in [0.2, 0.25) is 0 Å². The number of hydrogen-bond acceptors (Lipinski definition) is 6. The number of nitriles is 1. The Morgan fingerprint density at radius 1 is 1.50 bits per heavy atom. The number of nitrogens with one attached hydrogen (secondary N) is 1. The van der Waals surface area contributed by atoms with Gasteiger partial charge >= 0.3 is 0 Å². The van der Waals surface area contributed by atoms with E-state index in [-0.39, 0.29) is 16.7 Å². The van der Waals surface area contributed by atoms with E-state index < -0.39 is 0 Å². The predicted molar refractivity (Wildman–Crippen MR) is 98.3 cm³/mol. The molecule has 2 aromatic heterocycles. The van der Waals surface area contributed by atoms with Crippen LogP contribution in [0.15, 0.2) is 4.79 Å². The second-order valence-corrected chi connectivity index (χ2v) is 8.13. The van der Waals surface area contributed by atoms with Crippen LogP contribution in [0.1, 0.15) is 29.6 Å². The Hall–Kier alpha value is -1.85. The maximum absolute atomic E-state index is 12.2. The second-order valence-electron chi connectivity index (χ2n) is 5.60. The molecule has 0 spiro atoms. The molecule has 0 aliphatic rings. The lowest BCUT2D eigenvalue weighted by atomic mass is 10.2. The third-order valence-corrected chi connectivity index (χ3v) is 6.08. The van der Waals surface area contributed by atoms with E-state index in [0.29, 0.717) is 29.9 Å². The fourth-order valence-corrected chi connectivity index (χ4v) is 4.20. The molecular formula is C16H20N4O2S2. The minimum atomic E-state index is -0.263. The van der Waals surface area contributed by atoms with E-state index in [4.69, 9.17) is 5.26 Å². The lowest BCUT2D eigenvalue weighted by Crippen LogP contribution is -2.34. The van der Waals surface area contributed by atoms with Crippen LogP contribution in [0.4, 0.5) is 0 Å². The van der Waals surface area contributed by atoms with E-state index in [2.05, 4.69) is 9.97 Å². The van der Waals surface area contributed by atoms with Gasteiger partial charge in [-0.05, 0) is 26.3 Å². The summed E-state index contributed by atoms with van der Waals surface area (Å²) in [6.45, 7) is 6.16. The highest BCUT2D eigenvalue weighted by atomic mass is 32.2. The number of aromatic amines is 1. The molecule has 0 aliphatic heterocycles. The SMILES string of the molecule is Cc1sc2nc(CS[C@H](C)C(=O)N(C)CCC#N)[nH]c(=O)c2c1C. The van der Waals surface area contributed by atoms with E-state index in [0.717, 1.165) is 15.3 Å². The molecule has 0 bridgehead atoms. The average Bonchev–Trinajstić information content (AvgIpc) is 2.84. The van der Waals surface area contributed by atoms with Gasteiger partial charge in [0, 0.05) is 18.5 Å². The fourth-order valence-electron chi connectivity index (χ4n) is 2.28. The summed E-state index contributed by atoms with van der Waals surface area (Å²) in [6, 6.07) is 2.03. The molecule has 1 amide bonds. The van der Waals surface area contributed by atoms with Crippen LogP contribution in [-0.4, -0.2) is 39.6 Å². The van der Waals surface area contributed by atoms with Crippen molar-refractivity contribution < 1.29 is 4.79 Å². The molecule has 0 radical (unpaired) electrons. The molecule has 128 valence electrons. The Labute approximate surface area is 148 Å². The van der Waals surface area contributed by atoms with Crippen molar-refractivity contribution in [1.82, 2.24) is 14.9 Å². The number of carbonyl (C=O) groups is 1. The van der Waals surface area contributed by atoms with Gasteiger partial charge in [0.2, 0.25) is 5.91 Å². The zero-order valence-electron chi connectivity index (χ0n) is 14.2. The molecule has 2 rings (SSSR count). The smallest absolute Gasteiger partial charge is 0.259 e. The van der Waals surface area contributed by atoms with Gasteiger partial charge in [-0.3, -0.25) is 9.59 Å². The Bertz CT molecular complexity index is 850. The summed E-state index contributed by atoms with van der Waals surface area (Å²) in [5.41, 5.74) is 0.855. The van der Waals surface area contributed by atoms with Gasteiger partial charge in [-0.1, -0.05) is 0 Å². The molecule has 0 fully saturated rings. The van der Waals surface area contributed by atoms with E-state index >= 15 is 0 Å². The fraction of sp³-hybridized carbons (Fsp3) is 0.500. The second kappa shape index (κ2) is 7.81. The molecule has 2 aromatic rings. The van der Waals surface area contributed by atoms with Crippen molar-refractivity contribution in [3.8, 4) is 6.07 Å². The molecule has 2 heterocycles. The molecule has 0 unspecified atom stereocenters. The zero-order chi connectivity index (χ0) is 17.9. The molecule has 0 aromatic carbocycles.